The average molecular weight is 463 g/mol. The quantitative estimate of drug-likeness (QED) is 0.490. The Kier molecular flexibility index (Phi) is 8.93. The molecule has 3 rings (SSSR count). The first kappa shape index (κ1) is 26.0. The second-order valence-corrected chi connectivity index (χ2v) is 10.9. The highest BCUT2D eigenvalue weighted by molar-refractivity contribution is 5.88. The van der Waals surface area contributed by atoms with Crippen LogP contribution >= 0.6 is 0 Å². The fraction of sp³-hybridized carbons (Fsp3) is 0.533. The van der Waals surface area contributed by atoms with Crippen molar-refractivity contribution < 1.29 is 9.59 Å². The Morgan fingerprint density at radius 1 is 1.03 bits per heavy atom. The van der Waals surface area contributed by atoms with E-state index in [9.17, 15) is 9.59 Å². The van der Waals surface area contributed by atoms with Gasteiger partial charge < -0.3 is 10.2 Å². The third-order valence-electron chi connectivity index (χ3n) is 6.97. The molecule has 1 aliphatic carbocycles. The lowest BCUT2D eigenvalue weighted by atomic mass is 9.86. The summed E-state index contributed by atoms with van der Waals surface area (Å²) in [6.45, 7) is 11.1. The van der Waals surface area contributed by atoms with E-state index in [1.807, 2.05) is 24.0 Å². The first-order chi connectivity index (χ1) is 16.2. The number of aryl methyl sites for hydroxylation is 2. The molecular formula is C30H42N2O2. The summed E-state index contributed by atoms with van der Waals surface area (Å²) < 4.78 is 0. The molecule has 2 amide bonds. The molecule has 0 unspecified atom stereocenters. The molecule has 0 spiro atoms. The van der Waals surface area contributed by atoms with Gasteiger partial charge in [-0.25, -0.2) is 0 Å². The summed E-state index contributed by atoms with van der Waals surface area (Å²) >= 11 is 0. The molecule has 1 N–H and O–H groups in total. The Hall–Kier alpha value is -2.62. The Balaban J connectivity index is 1.74. The van der Waals surface area contributed by atoms with Crippen LogP contribution in [0, 0.1) is 6.92 Å². The molecule has 1 saturated carbocycles. The van der Waals surface area contributed by atoms with Gasteiger partial charge >= 0.3 is 0 Å². The fourth-order valence-corrected chi connectivity index (χ4v) is 4.86. The molecule has 1 aliphatic rings. The molecule has 0 bridgehead atoms. The van der Waals surface area contributed by atoms with Crippen LogP contribution in [0.5, 0.6) is 0 Å². The van der Waals surface area contributed by atoms with E-state index in [0.29, 0.717) is 25.8 Å². The Morgan fingerprint density at radius 3 is 2.29 bits per heavy atom. The van der Waals surface area contributed by atoms with Crippen LogP contribution in [-0.2, 0) is 28.0 Å². The topological polar surface area (TPSA) is 49.4 Å². The van der Waals surface area contributed by atoms with E-state index in [0.717, 1.165) is 29.5 Å². The standard InChI is InChI=1S/C30H42N2O2/c1-6-27(29(34)31-26-12-7-8-13-26)32(21-24-11-9-10-22(2)20-24)28(33)19-16-23-14-17-25(18-15-23)30(3,4)5/h9-11,14-15,17-18,20,26-27H,6-8,12-13,16,19,21H2,1-5H3,(H,31,34)/t27-/m0/s1. The number of carbonyl (C=O) groups excluding carboxylic acids is 2. The van der Waals surface area contributed by atoms with E-state index in [1.54, 1.807) is 0 Å². The molecule has 0 aliphatic heterocycles. The number of hydrogen-bond acceptors (Lipinski definition) is 2. The molecule has 2 aromatic carbocycles. The Labute approximate surface area is 206 Å². The minimum atomic E-state index is -0.447. The number of nitrogens with zero attached hydrogens (tertiary/aromatic N) is 1. The molecule has 1 fully saturated rings. The Bertz CT molecular complexity index is 953. The van der Waals surface area contributed by atoms with Crippen molar-refractivity contribution in [2.24, 2.45) is 0 Å². The molecule has 184 valence electrons. The first-order valence-corrected chi connectivity index (χ1v) is 12.9. The first-order valence-electron chi connectivity index (χ1n) is 12.9. The van der Waals surface area contributed by atoms with Crippen LogP contribution in [0.4, 0.5) is 0 Å². The predicted octanol–water partition coefficient (Wildman–Crippen LogP) is 6.09. The largest absolute Gasteiger partial charge is 0.352 e. The highest BCUT2D eigenvalue weighted by atomic mass is 16.2. The van der Waals surface area contributed by atoms with Crippen molar-refractivity contribution in [1.82, 2.24) is 10.2 Å². The normalized spacial score (nSPS) is 15.2. The summed E-state index contributed by atoms with van der Waals surface area (Å²) in [7, 11) is 0. The number of benzene rings is 2. The lowest BCUT2D eigenvalue weighted by Crippen LogP contribution is -2.51. The van der Waals surface area contributed by atoms with Crippen LogP contribution in [0.25, 0.3) is 0 Å². The highest BCUT2D eigenvalue weighted by Gasteiger charge is 2.30. The van der Waals surface area contributed by atoms with Gasteiger partial charge in [0, 0.05) is 19.0 Å². The van der Waals surface area contributed by atoms with Gasteiger partial charge in [0.25, 0.3) is 0 Å². The SMILES string of the molecule is CC[C@@H](C(=O)NC1CCCC1)N(Cc1cccc(C)c1)C(=O)CCc1ccc(C(C)(C)C)cc1. The monoisotopic (exact) mass is 462 g/mol. The van der Waals surface area contributed by atoms with Crippen molar-refractivity contribution >= 4 is 11.8 Å². The predicted molar refractivity (Wildman–Crippen MR) is 140 cm³/mol. The van der Waals surface area contributed by atoms with Crippen LogP contribution in [0.2, 0.25) is 0 Å². The van der Waals surface area contributed by atoms with Crippen LogP contribution in [0.15, 0.2) is 48.5 Å². The number of amides is 2. The molecule has 0 heterocycles. The van der Waals surface area contributed by atoms with Crippen molar-refractivity contribution in [3.63, 3.8) is 0 Å². The summed E-state index contributed by atoms with van der Waals surface area (Å²) in [4.78, 5) is 28.6. The average Bonchev–Trinajstić information content (AvgIpc) is 3.30. The smallest absolute Gasteiger partial charge is 0.243 e. The van der Waals surface area contributed by atoms with Gasteiger partial charge in [0.15, 0.2) is 0 Å². The number of hydrogen-bond donors (Lipinski definition) is 1. The second-order valence-electron chi connectivity index (χ2n) is 10.9. The maximum atomic E-state index is 13.5. The maximum Gasteiger partial charge on any atom is 0.243 e. The van der Waals surface area contributed by atoms with Gasteiger partial charge in [-0.3, -0.25) is 9.59 Å². The number of nitrogens with one attached hydrogen (secondary N) is 1. The van der Waals surface area contributed by atoms with Gasteiger partial charge in [0.1, 0.15) is 6.04 Å². The van der Waals surface area contributed by atoms with Gasteiger partial charge in [0.05, 0.1) is 0 Å². The van der Waals surface area contributed by atoms with E-state index in [-0.39, 0.29) is 23.3 Å². The molecule has 0 radical (unpaired) electrons. The zero-order valence-electron chi connectivity index (χ0n) is 21.7. The molecule has 4 heteroatoms. The molecule has 0 aromatic heterocycles. The van der Waals surface area contributed by atoms with Crippen LogP contribution < -0.4 is 5.32 Å². The van der Waals surface area contributed by atoms with E-state index >= 15 is 0 Å². The van der Waals surface area contributed by atoms with E-state index < -0.39 is 6.04 Å². The summed E-state index contributed by atoms with van der Waals surface area (Å²) in [5.74, 6) is 0.0276. The van der Waals surface area contributed by atoms with E-state index in [4.69, 9.17) is 0 Å². The van der Waals surface area contributed by atoms with Gasteiger partial charge in [-0.1, -0.05) is 94.6 Å². The third kappa shape index (κ3) is 7.19. The zero-order valence-corrected chi connectivity index (χ0v) is 21.7. The second kappa shape index (κ2) is 11.7. The molecule has 1 atom stereocenters. The van der Waals surface area contributed by atoms with Crippen molar-refractivity contribution in [2.45, 2.75) is 104 Å². The highest BCUT2D eigenvalue weighted by Crippen LogP contribution is 2.23. The summed E-state index contributed by atoms with van der Waals surface area (Å²) in [6, 6.07) is 16.6. The van der Waals surface area contributed by atoms with Gasteiger partial charge in [-0.15, -0.1) is 0 Å². The third-order valence-corrected chi connectivity index (χ3v) is 6.97. The molecule has 0 saturated heterocycles. The van der Waals surface area contributed by atoms with Crippen LogP contribution in [-0.4, -0.2) is 28.8 Å². The maximum absolute atomic E-state index is 13.5. The Morgan fingerprint density at radius 2 is 1.71 bits per heavy atom. The van der Waals surface area contributed by atoms with E-state index in [1.165, 1.54) is 18.4 Å². The van der Waals surface area contributed by atoms with Crippen LogP contribution in [0.1, 0.15) is 88.5 Å². The molecule has 2 aromatic rings. The molecule has 4 nitrogen and oxygen atoms in total. The molecular weight excluding hydrogens is 420 g/mol. The lowest BCUT2D eigenvalue weighted by molar-refractivity contribution is -0.141. The minimum absolute atomic E-state index is 0.00932. The van der Waals surface area contributed by atoms with Gasteiger partial charge in [-0.2, -0.15) is 0 Å². The van der Waals surface area contributed by atoms with Crippen molar-refractivity contribution in [3.05, 3.63) is 70.8 Å². The van der Waals surface area contributed by atoms with Gasteiger partial charge in [0.2, 0.25) is 11.8 Å². The van der Waals surface area contributed by atoms with E-state index in [2.05, 4.69) is 69.4 Å². The van der Waals surface area contributed by atoms with Crippen molar-refractivity contribution in [1.29, 1.82) is 0 Å². The summed E-state index contributed by atoms with van der Waals surface area (Å²) in [5.41, 5.74) is 4.78. The summed E-state index contributed by atoms with van der Waals surface area (Å²) in [5, 5.41) is 3.22. The van der Waals surface area contributed by atoms with Crippen molar-refractivity contribution in [2.75, 3.05) is 0 Å². The molecule has 34 heavy (non-hydrogen) atoms. The van der Waals surface area contributed by atoms with Crippen LogP contribution in [0.3, 0.4) is 0 Å². The zero-order chi connectivity index (χ0) is 24.7. The summed E-state index contributed by atoms with van der Waals surface area (Å²) in [6.07, 6.45) is 6.10. The lowest BCUT2D eigenvalue weighted by Gasteiger charge is -2.31. The number of rotatable bonds is 9. The van der Waals surface area contributed by atoms with Gasteiger partial charge in [-0.05, 0) is 54.7 Å². The fourth-order valence-electron chi connectivity index (χ4n) is 4.86. The minimum Gasteiger partial charge on any atom is -0.352 e. The number of carbonyl (C=O) groups is 2. The van der Waals surface area contributed by atoms with Crippen molar-refractivity contribution in [3.8, 4) is 0 Å².